The minimum Gasteiger partial charge on any atom is -0.331 e. The summed E-state index contributed by atoms with van der Waals surface area (Å²) in [5.74, 6) is 5.11. The number of nitrogens with two attached hydrogens (primary N) is 1. The number of hydrogen-bond donors (Lipinski definition) is 3. The van der Waals surface area contributed by atoms with Gasteiger partial charge in [0, 0.05) is 22.8 Å². The molecule has 8 nitrogen and oxygen atoms in total. The molecule has 2 aromatic carbocycles. The first-order chi connectivity index (χ1) is 17.7. The third-order valence-electron chi connectivity index (χ3n) is 7.28. The summed E-state index contributed by atoms with van der Waals surface area (Å²) in [6.45, 7) is 7.38. The van der Waals surface area contributed by atoms with Gasteiger partial charge < -0.3 is 10.7 Å². The van der Waals surface area contributed by atoms with Crippen molar-refractivity contribution in [3.63, 3.8) is 0 Å². The number of nitrogens with one attached hydrogen (secondary N) is 2. The molecular weight excluding hydrogens is 484 g/mol. The normalized spacial score (nSPS) is 18.4. The molecule has 0 saturated heterocycles. The average Bonchev–Trinajstić information content (AvgIpc) is 3.34. The van der Waals surface area contributed by atoms with Crippen LogP contribution in [0.15, 0.2) is 64.8 Å². The molecule has 1 aromatic heterocycles. The summed E-state index contributed by atoms with van der Waals surface area (Å²) >= 11 is 1.54. The van der Waals surface area contributed by atoms with E-state index in [-0.39, 0.29) is 23.3 Å². The molecular formula is C28H34N6O2S. The molecule has 37 heavy (non-hydrogen) atoms. The number of fused-ring (bicyclic) bond motifs is 1. The third-order valence-corrected chi connectivity index (χ3v) is 8.39. The second-order valence-electron chi connectivity index (χ2n) is 10.7. The Balaban J connectivity index is 1.56. The number of hydrogen-bond acceptors (Lipinski definition) is 6. The first-order valence-corrected chi connectivity index (χ1v) is 13.4. The highest BCUT2D eigenvalue weighted by atomic mass is 32.1. The van der Waals surface area contributed by atoms with Gasteiger partial charge in [0.15, 0.2) is 0 Å². The summed E-state index contributed by atoms with van der Waals surface area (Å²) in [5.41, 5.74) is 8.58. The van der Waals surface area contributed by atoms with Gasteiger partial charge in [-0.25, -0.2) is 5.53 Å². The smallest absolute Gasteiger partial charge is 0.265 e. The Labute approximate surface area is 221 Å². The Bertz CT molecular complexity index is 1270. The molecule has 0 aliphatic heterocycles. The van der Waals surface area contributed by atoms with Crippen molar-refractivity contribution in [1.82, 2.24) is 10.2 Å². The zero-order valence-corrected chi connectivity index (χ0v) is 22.3. The summed E-state index contributed by atoms with van der Waals surface area (Å²) in [4.78, 5) is 29.0. The van der Waals surface area contributed by atoms with Crippen LogP contribution in [0.2, 0.25) is 0 Å². The van der Waals surface area contributed by atoms with Crippen LogP contribution in [-0.2, 0) is 6.54 Å². The molecule has 0 unspecified atom stereocenters. The number of thiophene rings is 1. The molecule has 4 rings (SSSR count). The molecule has 1 aliphatic rings. The van der Waals surface area contributed by atoms with E-state index in [0.717, 1.165) is 46.2 Å². The fraction of sp³-hybridized carbons (Fsp3) is 0.393. The van der Waals surface area contributed by atoms with Crippen LogP contribution in [0.3, 0.4) is 0 Å². The van der Waals surface area contributed by atoms with Crippen molar-refractivity contribution in [3.05, 3.63) is 70.6 Å². The lowest BCUT2D eigenvalue weighted by atomic mass is 9.71. The van der Waals surface area contributed by atoms with Crippen LogP contribution in [0.4, 0.5) is 0 Å². The monoisotopic (exact) mass is 518 g/mol. The Morgan fingerprint density at radius 1 is 1.08 bits per heavy atom. The van der Waals surface area contributed by atoms with Crippen LogP contribution in [0.5, 0.6) is 0 Å². The molecule has 3 aromatic rings. The quantitative estimate of drug-likeness (QED) is 0.124. The van der Waals surface area contributed by atoms with E-state index in [2.05, 4.69) is 36.3 Å². The van der Waals surface area contributed by atoms with E-state index in [1.165, 1.54) is 11.3 Å². The highest BCUT2D eigenvalue weighted by Crippen LogP contribution is 2.40. The molecule has 2 amide bonds. The van der Waals surface area contributed by atoms with Crippen molar-refractivity contribution in [2.75, 3.05) is 0 Å². The molecule has 9 heteroatoms. The van der Waals surface area contributed by atoms with Gasteiger partial charge in [-0.1, -0.05) is 51.1 Å². The number of amides is 2. The van der Waals surface area contributed by atoms with Gasteiger partial charge in [-0.05, 0) is 72.2 Å². The van der Waals surface area contributed by atoms with Crippen molar-refractivity contribution >= 4 is 39.2 Å². The Hall–Kier alpha value is -3.59. The summed E-state index contributed by atoms with van der Waals surface area (Å²) in [6.07, 6.45) is 4.18. The zero-order valence-electron chi connectivity index (χ0n) is 21.5. The lowest BCUT2D eigenvalue weighted by Gasteiger charge is -2.41. The molecule has 4 N–H and O–H groups in total. The highest BCUT2D eigenvalue weighted by Gasteiger charge is 2.34. The molecule has 1 heterocycles. The minimum absolute atomic E-state index is 0.0584. The maximum Gasteiger partial charge on any atom is 0.265 e. The Morgan fingerprint density at radius 3 is 2.35 bits per heavy atom. The van der Waals surface area contributed by atoms with Crippen molar-refractivity contribution in [1.29, 1.82) is 5.53 Å². The van der Waals surface area contributed by atoms with Crippen molar-refractivity contribution in [2.24, 2.45) is 27.4 Å². The lowest BCUT2D eigenvalue weighted by molar-refractivity contribution is 0.0535. The molecule has 0 bridgehead atoms. The molecule has 1 saturated carbocycles. The van der Waals surface area contributed by atoms with Crippen molar-refractivity contribution < 1.29 is 9.59 Å². The van der Waals surface area contributed by atoms with Crippen molar-refractivity contribution in [2.45, 2.75) is 59.0 Å². The van der Waals surface area contributed by atoms with E-state index in [9.17, 15) is 9.59 Å². The summed E-state index contributed by atoms with van der Waals surface area (Å²) in [6, 6.07) is 17.4. The fourth-order valence-corrected chi connectivity index (χ4v) is 6.09. The lowest BCUT2D eigenvalue weighted by Crippen LogP contribution is -2.43. The predicted molar refractivity (Wildman–Crippen MR) is 148 cm³/mol. The standard InChI is InChI=1S/C28H34N6O2S/c1-28(2,3)21-12-14-22(15-13-21)34(26(36)24-16-20-6-4-5-7-23(20)37-24)17-18-8-10-19(11-9-18)25(35)31-27(32-29)33-30/h4-11,16,21-22,29H,12-15,17,30H2,1-3H3,(H,31,33,35). The van der Waals surface area contributed by atoms with E-state index in [1.54, 1.807) is 12.1 Å². The Kier molecular flexibility index (Phi) is 8.02. The molecule has 0 atom stereocenters. The first kappa shape index (κ1) is 26.5. The molecule has 1 aliphatic carbocycles. The zero-order chi connectivity index (χ0) is 26.6. The second-order valence-corrected chi connectivity index (χ2v) is 11.8. The topological polar surface area (TPSA) is 124 Å². The van der Waals surface area contributed by atoms with E-state index < -0.39 is 5.91 Å². The molecule has 1 fully saturated rings. The van der Waals surface area contributed by atoms with Gasteiger partial charge in [0.25, 0.3) is 17.8 Å². The maximum atomic E-state index is 13.9. The van der Waals surface area contributed by atoms with Gasteiger partial charge in [0.2, 0.25) is 0 Å². The number of carbonyl (C=O) groups excluding carboxylic acids is 2. The fourth-order valence-electron chi connectivity index (χ4n) is 5.07. The SMILES string of the molecule is CC(C)(C)C1CCC(N(Cc2ccc(C(=O)N/C(N=N)=N/N)cc2)C(=O)c2cc3ccccc3s2)CC1. The number of guanidine groups is 1. The summed E-state index contributed by atoms with van der Waals surface area (Å²) < 4.78 is 1.11. The van der Waals surface area contributed by atoms with Gasteiger partial charge >= 0.3 is 0 Å². The van der Waals surface area contributed by atoms with Crippen LogP contribution >= 0.6 is 11.3 Å². The second kappa shape index (κ2) is 11.2. The third kappa shape index (κ3) is 6.22. The van der Waals surface area contributed by atoms with Crippen LogP contribution in [0.1, 0.15) is 72.0 Å². The van der Waals surface area contributed by atoms with Crippen LogP contribution in [-0.4, -0.2) is 28.7 Å². The first-order valence-electron chi connectivity index (χ1n) is 12.5. The van der Waals surface area contributed by atoms with Gasteiger partial charge in [0.05, 0.1) is 4.88 Å². The molecule has 0 radical (unpaired) electrons. The van der Waals surface area contributed by atoms with Gasteiger partial charge in [-0.15, -0.1) is 21.6 Å². The average molecular weight is 519 g/mol. The Morgan fingerprint density at radius 2 is 1.76 bits per heavy atom. The highest BCUT2D eigenvalue weighted by molar-refractivity contribution is 7.20. The van der Waals surface area contributed by atoms with Gasteiger partial charge in [-0.2, -0.15) is 0 Å². The largest absolute Gasteiger partial charge is 0.331 e. The molecule has 194 valence electrons. The van der Waals surface area contributed by atoms with E-state index >= 15 is 0 Å². The van der Waals surface area contributed by atoms with Crippen LogP contribution in [0.25, 0.3) is 10.1 Å². The van der Waals surface area contributed by atoms with Crippen LogP contribution < -0.4 is 11.2 Å². The van der Waals surface area contributed by atoms with Gasteiger partial charge in [0.1, 0.15) is 0 Å². The van der Waals surface area contributed by atoms with E-state index in [1.807, 2.05) is 47.4 Å². The number of benzene rings is 2. The van der Waals surface area contributed by atoms with Crippen molar-refractivity contribution in [3.8, 4) is 0 Å². The number of carbonyl (C=O) groups is 2. The minimum atomic E-state index is -0.453. The van der Waals surface area contributed by atoms with Gasteiger partial charge in [-0.3, -0.25) is 14.9 Å². The maximum absolute atomic E-state index is 13.9. The van der Waals surface area contributed by atoms with Crippen LogP contribution in [0, 0.1) is 16.9 Å². The molecule has 0 spiro atoms. The number of rotatable bonds is 5. The number of hydrazone groups is 1. The van der Waals surface area contributed by atoms with E-state index in [0.29, 0.717) is 18.0 Å². The summed E-state index contributed by atoms with van der Waals surface area (Å²) in [5, 5.41) is 9.78. The summed E-state index contributed by atoms with van der Waals surface area (Å²) in [7, 11) is 0. The van der Waals surface area contributed by atoms with E-state index in [4.69, 9.17) is 11.4 Å². The number of nitrogens with zero attached hydrogens (tertiary/aromatic N) is 3. The predicted octanol–water partition coefficient (Wildman–Crippen LogP) is 6.14.